The van der Waals surface area contributed by atoms with E-state index in [9.17, 15) is 9.18 Å². The molecule has 1 fully saturated rings. The Morgan fingerprint density at radius 2 is 1.97 bits per heavy atom. The Morgan fingerprint density at radius 1 is 1.20 bits per heavy atom. The Balaban J connectivity index is 1.41. The van der Waals surface area contributed by atoms with E-state index in [0.29, 0.717) is 36.3 Å². The van der Waals surface area contributed by atoms with Gasteiger partial charge in [0.1, 0.15) is 5.82 Å². The van der Waals surface area contributed by atoms with Crippen LogP contribution in [-0.2, 0) is 9.53 Å². The quantitative estimate of drug-likeness (QED) is 0.709. The lowest BCUT2D eigenvalue weighted by atomic mass is 10.0. The first-order valence-corrected chi connectivity index (χ1v) is 10.1. The number of ether oxygens (including phenoxy) is 3. The van der Waals surface area contributed by atoms with Crippen molar-refractivity contribution in [2.75, 3.05) is 39.6 Å². The van der Waals surface area contributed by atoms with Crippen LogP contribution in [0.2, 0.25) is 5.02 Å². The zero-order valence-electron chi connectivity index (χ0n) is 16.3. The molecule has 6 nitrogen and oxygen atoms in total. The normalized spacial score (nSPS) is 17.3. The predicted molar refractivity (Wildman–Crippen MR) is 111 cm³/mol. The molecule has 0 radical (unpaired) electrons. The summed E-state index contributed by atoms with van der Waals surface area (Å²) in [5.74, 6) is 0.565. The van der Waals surface area contributed by atoms with Crippen LogP contribution in [0.1, 0.15) is 17.2 Å². The number of amides is 1. The van der Waals surface area contributed by atoms with Gasteiger partial charge in [-0.1, -0.05) is 23.7 Å². The van der Waals surface area contributed by atoms with E-state index in [-0.39, 0.29) is 24.6 Å². The number of nitrogens with one attached hydrogen (secondary N) is 1. The van der Waals surface area contributed by atoms with Gasteiger partial charge in [-0.15, -0.1) is 0 Å². The number of nitrogens with zero attached hydrogens (tertiary/aromatic N) is 1. The number of carbonyl (C=O) groups excluding carboxylic acids is 1. The maximum absolute atomic E-state index is 13.3. The molecule has 0 aromatic heterocycles. The summed E-state index contributed by atoms with van der Waals surface area (Å²) in [6.07, 6.45) is 3.12. The molecule has 1 atom stereocenters. The Kier molecular flexibility index (Phi) is 6.52. The highest BCUT2D eigenvalue weighted by atomic mass is 35.5. The van der Waals surface area contributed by atoms with Crippen LogP contribution in [0.4, 0.5) is 4.39 Å². The molecule has 0 aliphatic carbocycles. The highest BCUT2D eigenvalue weighted by Crippen LogP contribution is 2.40. The first-order valence-electron chi connectivity index (χ1n) is 9.72. The van der Waals surface area contributed by atoms with Gasteiger partial charge < -0.3 is 19.5 Å². The summed E-state index contributed by atoms with van der Waals surface area (Å²) in [6.45, 7) is 3.31. The second kappa shape index (κ2) is 9.47. The number of rotatable bonds is 6. The van der Waals surface area contributed by atoms with E-state index in [4.69, 9.17) is 25.8 Å². The highest BCUT2D eigenvalue weighted by molar-refractivity contribution is 6.32. The van der Waals surface area contributed by atoms with Crippen LogP contribution >= 0.6 is 11.6 Å². The molecule has 1 saturated heterocycles. The molecular formula is C22H22ClFN2O4. The minimum Gasteiger partial charge on any atom is -0.454 e. The molecule has 2 aromatic rings. The van der Waals surface area contributed by atoms with E-state index >= 15 is 0 Å². The molecule has 2 aliphatic rings. The zero-order valence-corrected chi connectivity index (χ0v) is 17.0. The standard InChI is InChI=1S/C22H22ClFN2O4/c23-18-11-15(12-20-22(18)30-14-29-20)1-6-21(27)25-13-19(26-7-9-28-10-8-26)16-2-4-17(24)5-3-16/h1-6,11-12,19H,7-10,13-14H2,(H,25,27)/b6-1+. The predicted octanol–water partition coefficient (Wildman–Crippen LogP) is 3.41. The van der Waals surface area contributed by atoms with Crippen LogP contribution in [0.3, 0.4) is 0 Å². The van der Waals surface area contributed by atoms with Gasteiger partial charge in [-0.3, -0.25) is 9.69 Å². The lowest BCUT2D eigenvalue weighted by Gasteiger charge is -2.34. The van der Waals surface area contributed by atoms with Crippen molar-refractivity contribution < 1.29 is 23.4 Å². The smallest absolute Gasteiger partial charge is 0.244 e. The van der Waals surface area contributed by atoms with Crippen molar-refractivity contribution in [1.29, 1.82) is 0 Å². The van der Waals surface area contributed by atoms with Gasteiger partial charge in [0.2, 0.25) is 12.7 Å². The van der Waals surface area contributed by atoms with Gasteiger partial charge in [0, 0.05) is 25.7 Å². The summed E-state index contributed by atoms with van der Waals surface area (Å²) in [4.78, 5) is 14.7. The number of hydrogen-bond acceptors (Lipinski definition) is 5. The molecule has 1 N–H and O–H groups in total. The highest BCUT2D eigenvalue weighted by Gasteiger charge is 2.23. The van der Waals surface area contributed by atoms with E-state index in [1.54, 1.807) is 30.3 Å². The Labute approximate surface area is 179 Å². The number of halogens is 2. The molecular weight excluding hydrogens is 411 g/mol. The van der Waals surface area contributed by atoms with E-state index in [0.717, 1.165) is 24.2 Å². The van der Waals surface area contributed by atoms with Crippen LogP contribution in [-0.4, -0.2) is 50.4 Å². The second-order valence-corrected chi connectivity index (χ2v) is 7.44. The van der Waals surface area contributed by atoms with Gasteiger partial charge in [0.05, 0.1) is 24.3 Å². The molecule has 30 heavy (non-hydrogen) atoms. The molecule has 0 saturated carbocycles. The van der Waals surface area contributed by atoms with Gasteiger partial charge in [0.25, 0.3) is 0 Å². The third kappa shape index (κ3) is 4.92. The molecule has 1 amide bonds. The average molecular weight is 433 g/mol. The van der Waals surface area contributed by atoms with Gasteiger partial charge >= 0.3 is 0 Å². The molecule has 2 aliphatic heterocycles. The number of benzene rings is 2. The van der Waals surface area contributed by atoms with Crippen molar-refractivity contribution >= 4 is 23.6 Å². The second-order valence-electron chi connectivity index (χ2n) is 7.03. The summed E-state index contributed by atoms with van der Waals surface area (Å²) in [5, 5.41) is 3.38. The van der Waals surface area contributed by atoms with Gasteiger partial charge in [-0.05, 0) is 41.5 Å². The summed E-state index contributed by atoms with van der Waals surface area (Å²) in [5.41, 5.74) is 1.69. The molecule has 2 heterocycles. The molecule has 158 valence electrons. The van der Waals surface area contributed by atoms with Gasteiger partial charge in [-0.2, -0.15) is 0 Å². The van der Waals surface area contributed by atoms with Crippen LogP contribution in [0.15, 0.2) is 42.5 Å². The lowest BCUT2D eigenvalue weighted by Crippen LogP contribution is -2.43. The van der Waals surface area contributed by atoms with Gasteiger partial charge in [0.15, 0.2) is 11.5 Å². The lowest BCUT2D eigenvalue weighted by molar-refractivity contribution is -0.116. The minimum atomic E-state index is -0.283. The average Bonchev–Trinajstić information content (AvgIpc) is 3.24. The maximum Gasteiger partial charge on any atom is 0.244 e. The monoisotopic (exact) mass is 432 g/mol. The van der Waals surface area contributed by atoms with Crippen molar-refractivity contribution in [1.82, 2.24) is 10.2 Å². The minimum absolute atomic E-state index is 0.0631. The molecule has 1 unspecified atom stereocenters. The zero-order chi connectivity index (χ0) is 20.9. The first kappa shape index (κ1) is 20.7. The number of carbonyl (C=O) groups is 1. The largest absolute Gasteiger partial charge is 0.454 e. The van der Waals surface area contributed by atoms with E-state index < -0.39 is 0 Å². The first-order chi connectivity index (χ1) is 14.6. The number of morpholine rings is 1. The fourth-order valence-electron chi connectivity index (χ4n) is 3.54. The van der Waals surface area contributed by atoms with Crippen molar-refractivity contribution in [3.63, 3.8) is 0 Å². The fourth-order valence-corrected chi connectivity index (χ4v) is 3.82. The number of hydrogen-bond donors (Lipinski definition) is 1. The van der Waals surface area contributed by atoms with Crippen molar-refractivity contribution in [3.05, 3.63) is 64.4 Å². The third-order valence-electron chi connectivity index (χ3n) is 5.09. The van der Waals surface area contributed by atoms with Crippen LogP contribution in [0.5, 0.6) is 11.5 Å². The Morgan fingerprint density at radius 3 is 2.73 bits per heavy atom. The third-order valence-corrected chi connectivity index (χ3v) is 5.37. The Hall–Kier alpha value is -2.61. The van der Waals surface area contributed by atoms with E-state index in [1.165, 1.54) is 18.2 Å². The van der Waals surface area contributed by atoms with Crippen molar-refractivity contribution in [2.45, 2.75) is 6.04 Å². The maximum atomic E-state index is 13.3. The summed E-state index contributed by atoms with van der Waals surface area (Å²) >= 11 is 6.18. The SMILES string of the molecule is O=C(/C=C/c1cc(Cl)c2c(c1)OCO2)NCC(c1ccc(F)cc1)N1CCOCC1. The van der Waals surface area contributed by atoms with Crippen LogP contribution in [0.25, 0.3) is 6.08 Å². The molecule has 2 aromatic carbocycles. The van der Waals surface area contributed by atoms with Crippen LogP contribution in [0, 0.1) is 5.82 Å². The van der Waals surface area contributed by atoms with Crippen molar-refractivity contribution in [2.24, 2.45) is 0 Å². The fraction of sp³-hybridized carbons (Fsp3) is 0.318. The van der Waals surface area contributed by atoms with Crippen molar-refractivity contribution in [3.8, 4) is 11.5 Å². The molecule has 0 spiro atoms. The number of fused-ring (bicyclic) bond motifs is 1. The summed E-state index contributed by atoms with van der Waals surface area (Å²) in [7, 11) is 0. The van der Waals surface area contributed by atoms with Crippen LogP contribution < -0.4 is 14.8 Å². The summed E-state index contributed by atoms with van der Waals surface area (Å²) in [6, 6.07) is 9.81. The topological polar surface area (TPSA) is 60.0 Å². The van der Waals surface area contributed by atoms with E-state index in [1.807, 2.05) is 0 Å². The summed E-state index contributed by atoms with van der Waals surface area (Å²) < 4.78 is 29.4. The molecule has 4 rings (SSSR count). The Bertz CT molecular complexity index is 929. The molecule has 8 heteroatoms. The van der Waals surface area contributed by atoms with E-state index in [2.05, 4.69) is 10.2 Å². The molecule has 0 bridgehead atoms. The van der Waals surface area contributed by atoms with Gasteiger partial charge in [-0.25, -0.2) is 4.39 Å².